The molecule has 1 aromatic heterocycles. The summed E-state index contributed by atoms with van der Waals surface area (Å²) in [7, 11) is 0. The summed E-state index contributed by atoms with van der Waals surface area (Å²) in [6.07, 6.45) is 2.50. The van der Waals surface area contributed by atoms with E-state index in [0.717, 1.165) is 25.2 Å². The van der Waals surface area contributed by atoms with Gasteiger partial charge in [-0.1, -0.05) is 47.6 Å². The largest absolute Gasteiger partial charge is 0.351 e. The minimum atomic E-state index is -0.121. The molecule has 0 saturated carbocycles. The second kappa shape index (κ2) is 8.14. The van der Waals surface area contributed by atoms with Crippen LogP contribution in [0.4, 0.5) is 0 Å². The standard InChI is InChI=1S/C21H22N4O2/c26-20(22-12-15-25-13-6-7-14-25)17-10-4-5-11-18(17)21-23-19(24-27-21)16-8-2-1-3-9-16/h1-5,8-11H,6-7,12-15H2,(H,22,26). The normalized spacial score (nSPS) is 14.4. The van der Waals surface area contributed by atoms with Gasteiger partial charge in [0.05, 0.1) is 11.1 Å². The lowest BCUT2D eigenvalue weighted by atomic mass is 10.1. The van der Waals surface area contributed by atoms with Crippen molar-refractivity contribution in [2.24, 2.45) is 0 Å². The smallest absolute Gasteiger partial charge is 0.259 e. The van der Waals surface area contributed by atoms with Crippen molar-refractivity contribution < 1.29 is 9.32 Å². The number of benzene rings is 2. The van der Waals surface area contributed by atoms with Gasteiger partial charge in [-0.2, -0.15) is 4.98 Å². The Morgan fingerprint density at radius 2 is 1.78 bits per heavy atom. The number of aromatic nitrogens is 2. The summed E-state index contributed by atoms with van der Waals surface area (Å²) in [5.74, 6) is 0.734. The summed E-state index contributed by atoms with van der Waals surface area (Å²) in [4.78, 5) is 19.5. The van der Waals surface area contributed by atoms with Crippen LogP contribution in [0.1, 0.15) is 23.2 Å². The van der Waals surface area contributed by atoms with Gasteiger partial charge >= 0.3 is 0 Å². The molecule has 0 radical (unpaired) electrons. The van der Waals surface area contributed by atoms with E-state index in [1.54, 1.807) is 6.07 Å². The summed E-state index contributed by atoms with van der Waals surface area (Å²) in [5.41, 5.74) is 2.06. The third-order valence-corrected chi connectivity index (χ3v) is 4.77. The van der Waals surface area contributed by atoms with E-state index in [4.69, 9.17) is 4.52 Å². The highest BCUT2D eigenvalue weighted by atomic mass is 16.5. The summed E-state index contributed by atoms with van der Waals surface area (Å²) in [6, 6.07) is 16.9. The second-order valence-electron chi connectivity index (χ2n) is 6.64. The average molecular weight is 362 g/mol. The molecule has 6 heteroatoms. The van der Waals surface area contributed by atoms with Crippen molar-refractivity contribution in [2.45, 2.75) is 12.8 Å². The van der Waals surface area contributed by atoms with Crippen molar-refractivity contribution in [2.75, 3.05) is 26.2 Å². The zero-order valence-electron chi connectivity index (χ0n) is 15.1. The van der Waals surface area contributed by atoms with Crippen molar-refractivity contribution in [1.82, 2.24) is 20.4 Å². The fraction of sp³-hybridized carbons (Fsp3) is 0.286. The summed E-state index contributed by atoms with van der Waals surface area (Å²) >= 11 is 0. The molecule has 4 rings (SSSR count). The number of carbonyl (C=O) groups excluding carboxylic acids is 1. The summed E-state index contributed by atoms with van der Waals surface area (Å²) in [6.45, 7) is 3.76. The van der Waals surface area contributed by atoms with E-state index in [2.05, 4.69) is 20.4 Å². The zero-order valence-corrected chi connectivity index (χ0v) is 15.1. The molecule has 3 aromatic rings. The highest BCUT2D eigenvalue weighted by Crippen LogP contribution is 2.25. The van der Waals surface area contributed by atoms with Crippen LogP contribution in [-0.2, 0) is 0 Å². The molecular formula is C21H22N4O2. The Morgan fingerprint density at radius 3 is 2.59 bits per heavy atom. The quantitative estimate of drug-likeness (QED) is 0.729. The lowest BCUT2D eigenvalue weighted by Crippen LogP contribution is -2.33. The van der Waals surface area contributed by atoms with Gasteiger partial charge in [0.25, 0.3) is 11.8 Å². The molecule has 1 fully saturated rings. The first-order valence-corrected chi connectivity index (χ1v) is 9.30. The van der Waals surface area contributed by atoms with E-state index < -0.39 is 0 Å². The van der Waals surface area contributed by atoms with Crippen LogP contribution in [-0.4, -0.2) is 47.1 Å². The van der Waals surface area contributed by atoms with Gasteiger partial charge in [-0.05, 0) is 38.1 Å². The Bertz CT molecular complexity index is 901. The van der Waals surface area contributed by atoms with Gasteiger partial charge in [0.2, 0.25) is 5.82 Å². The molecule has 0 unspecified atom stereocenters. The molecule has 6 nitrogen and oxygen atoms in total. The predicted molar refractivity (Wildman–Crippen MR) is 103 cm³/mol. The molecule has 0 atom stereocenters. The molecule has 0 aliphatic carbocycles. The van der Waals surface area contributed by atoms with Crippen molar-refractivity contribution >= 4 is 5.91 Å². The number of carbonyl (C=O) groups is 1. The second-order valence-corrected chi connectivity index (χ2v) is 6.64. The Labute approximate surface area is 158 Å². The van der Waals surface area contributed by atoms with Crippen molar-refractivity contribution in [3.63, 3.8) is 0 Å². The van der Waals surface area contributed by atoms with Crippen LogP contribution in [0, 0.1) is 0 Å². The van der Waals surface area contributed by atoms with Gasteiger partial charge in [0.15, 0.2) is 0 Å². The fourth-order valence-electron chi connectivity index (χ4n) is 3.33. The number of likely N-dealkylation sites (tertiary alicyclic amines) is 1. The molecule has 1 amide bonds. The fourth-order valence-corrected chi connectivity index (χ4v) is 3.33. The Morgan fingerprint density at radius 1 is 1.04 bits per heavy atom. The first-order chi connectivity index (χ1) is 13.3. The van der Waals surface area contributed by atoms with Crippen molar-refractivity contribution in [1.29, 1.82) is 0 Å². The predicted octanol–water partition coefficient (Wildman–Crippen LogP) is 3.23. The van der Waals surface area contributed by atoms with Gasteiger partial charge in [0, 0.05) is 18.7 Å². The number of rotatable bonds is 6. The summed E-state index contributed by atoms with van der Waals surface area (Å²) in [5, 5.41) is 7.06. The van der Waals surface area contributed by atoms with Gasteiger partial charge in [-0.15, -0.1) is 0 Å². The highest BCUT2D eigenvalue weighted by molar-refractivity contribution is 6.00. The van der Waals surface area contributed by atoms with E-state index in [0.29, 0.717) is 29.4 Å². The van der Waals surface area contributed by atoms with Gasteiger partial charge in [0.1, 0.15) is 0 Å². The topological polar surface area (TPSA) is 71.3 Å². The number of amides is 1. The number of hydrogen-bond acceptors (Lipinski definition) is 5. The SMILES string of the molecule is O=C(NCCN1CCCC1)c1ccccc1-c1nc(-c2ccccc2)no1. The molecule has 27 heavy (non-hydrogen) atoms. The Kier molecular flexibility index (Phi) is 5.25. The summed E-state index contributed by atoms with van der Waals surface area (Å²) < 4.78 is 5.43. The monoisotopic (exact) mass is 362 g/mol. The van der Waals surface area contributed by atoms with Gasteiger partial charge in [-0.3, -0.25) is 4.79 Å². The molecule has 2 heterocycles. The molecule has 0 bridgehead atoms. The van der Waals surface area contributed by atoms with Crippen molar-refractivity contribution in [3.05, 3.63) is 60.2 Å². The van der Waals surface area contributed by atoms with E-state index in [1.165, 1.54) is 12.8 Å². The molecule has 1 saturated heterocycles. The Balaban J connectivity index is 1.49. The number of nitrogens with one attached hydrogen (secondary N) is 1. The molecule has 0 spiro atoms. The third-order valence-electron chi connectivity index (χ3n) is 4.77. The maximum Gasteiger partial charge on any atom is 0.259 e. The van der Waals surface area contributed by atoms with E-state index >= 15 is 0 Å². The van der Waals surface area contributed by atoms with E-state index in [-0.39, 0.29) is 5.91 Å². The first-order valence-electron chi connectivity index (χ1n) is 9.30. The van der Waals surface area contributed by atoms with Crippen LogP contribution in [0.15, 0.2) is 59.1 Å². The van der Waals surface area contributed by atoms with Crippen LogP contribution in [0.25, 0.3) is 22.8 Å². The maximum atomic E-state index is 12.7. The minimum Gasteiger partial charge on any atom is -0.351 e. The zero-order chi connectivity index (χ0) is 18.5. The molecule has 2 aromatic carbocycles. The van der Waals surface area contributed by atoms with Crippen LogP contribution in [0.3, 0.4) is 0 Å². The van der Waals surface area contributed by atoms with Gasteiger partial charge < -0.3 is 14.7 Å². The van der Waals surface area contributed by atoms with Crippen LogP contribution >= 0.6 is 0 Å². The highest BCUT2D eigenvalue weighted by Gasteiger charge is 2.18. The number of hydrogen-bond donors (Lipinski definition) is 1. The lowest BCUT2D eigenvalue weighted by molar-refractivity contribution is 0.0950. The molecule has 138 valence electrons. The molecule has 1 aliphatic heterocycles. The maximum absolute atomic E-state index is 12.7. The molecular weight excluding hydrogens is 340 g/mol. The average Bonchev–Trinajstić information content (AvgIpc) is 3.41. The molecule has 1 aliphatic rings. The van der Waals surface area contributed by atoms with Crippen LogP contribution < -0.4 is 5.32 Å². The Hall–Kier alpha value is -2.99. The van der Waals surface area contributed by atoms with Crippen LogP contribution in [0.5, 0.6) is 0 Å². The van der Waals surface area contributed by atoms with E-state index in [9.17, 15) is 4.79 Å². The third kappa shape index (κ3) is 4.06. The number of nitrogens with zero attached hydrogens (tertiary/aromatic N) is 3. The van der Waals surface area contributed by atoms with Gasteiger partial charge in [-0.25, -0.2) is 0 Å². The first kappa shape index (κ1) is 17.4. The van der Waals surface area contributed by atoms with Crippen molar-refractivity contribution in [3.8, 4) is 22.8 Å². The van der Waals surface area contributed by atoms with E-state index in [1.807, 2.05) is 48.5 Å². The lowest BCUT2D eigenvalue weighted by Gasteiger charge is -2.15. The van der Waals surface area contributed by atoms with Crippen LogP contribution in [0.2, 0.25) is 0 Å². The minimum absolute atomic E-state index is 0.121. The molecule has 1 N–H and O–H groups in total.